The lowest BCUT2D eigenvalue weighted by Gasteiger charge is -2.26. The van der Waals surface area contributed by atoms with Crippen LogP contribution < -0.4 is 0 Å². The average molecular weight is 220 g/mol. The Hall–Kier alpha value is -0.780. The van der Waals surface area contributed by atoms with Crippen LogP contribution in [0.5, 0.6) is 0 Å². The molecule has 0 aliphatic heterocycles. The van der Waals surface area contributed by atoms with Crippen LogP contribution in [0.1, 0.15) is 65.4 Å². The van der Waals surface area contributed by atoms with Crippen LogP contribution in [0.4, 0.5) is 0 Å². The first kappa shape index (κ1) is 15.2. The molecule has 0 saturated heterocycles. The fraction of sp³-hybridized carbons (Fsp3) is 0.625. The lowest BCUT2D eigenvalue weighted by atomic mass is 9.79. The van der Waals surface area contributed by atoms with E-state index >= 15 is 0 Å². The van der Waals surface area contributed by atoms with Crippen molar-refractivity contribution in [1.82, 2.24) is 0 Å². The quantitative estimate of drug-likeness (QED) is 0.574. The van der Waals surface area contributed by atoms with Gasteiger partial charge in [0.25, 0.3) is 0 Å². The van der Waals surface area contributed by atoms with E-state index in [1.165, 1.54) is 25.7 Å². The molecule has 16 heavy (non-hydrogen) atoms. The van der Waals surface area contributed by atoms with E-state index in [-0.39, 0.29) is 7.43 Å². The zero-order chi connectivity index (χ0) is 11.1. The molecule has 0 amide bonds. The fourth-order valence-electron chi connectivity index (χ4n) is 2.32. The molecule has 92 valence electrons. The highest BCUT2D eigenvalue weighted by Gasteiger charge is 2.18. The van der Waals surface area contributed by atoms with E-state index < -0.39 is 0 Å². The largest absolute Gasteiger partial charge is 0.0776 e. The molecular weight excluding hydrogens is 192 g/mol. The maximum absolute atomic E-state index is 2.38. The Morgan fingerprint density at radius 2 is 1.38 bits per heavy atom. The standard InChI is InChI=1S/C13H18.C2H6.CH4/c1-11-7-9-13(10-8-11)12-5-3-2-4-6-12;1-2;/h2-6,11,13H,7-10H2,1H3;1-2H3;1H4. The summed E-state index contributed by atoms with van der Waals surface area (Å²) in [6.45, 7) is 6.38. The van der Waals surface area contributed by atoms with Gasteiger partial charge in [-0.3, -0.25) is 0 Å². The first-order valence-corrected chi connectivity index (χ1v) is 6.41. The molecule has 0 radical (unpaired) electrons. The van der Waals surface area contributed by atoms with Crippen LogP contribution in [-0.4, -0.2) is 0 Å². The highest BCUT2D eigenvalue weighted by molar-refractivity contribution is 5.19. The van der Waals surface area contributed by atoms with Crippen molar-refractivity contribution >= 4 is 0 Å². The van der Waals surface area contributed by atoms with Gasteiger partial charge in [-0.05, 0) is 30.2 Å². The monoisotopic (exact) mass is 220 g/mol. The molecule has 1 aromatic rings. The number of hydrogen-bond acceptors (Lipinski definition) is 0. The molecule has 0 nitrogen and oxygen atoms in total. The molecule has 1 aliphatic rings. The van der Waals surface area contributed by atoms with Gasteiger partial charge in [-0.25, -0.2) is 0 Å². The molecule has 0 spiro atoms. The molecule has 1 saturated carbocycles. The zero-order valence-electron chi connectivity index (χ0n) is 10.4. The predicted octanol–water partition coefficient (Wildman–Crippen LogP) is 5.64. The van der Waals surface area contributed by atoms with E-state index in [0.717, 1.165) is 11.8 Å². The molecular formula is C16H28. The predicted molar refractivity (Wildman–Crippen MR) is 74.9 cm³/mol. The Kier molecular flexibility index (Phi) is 7.97. The zero-order valence-corrected chi connectivity index (χ0v) is 10.4. The SMILES string of the molecule is C.CC.CC1CCC(c2ccccc2)CC1. The minimum atomic E-state index is 0. The molecule has 0 bridgehead atoms. The molecule has 2 rings (SSSR count). The Morgan fingerprint density at radius 3 is 1.88 bits per heavy atom. The summed E-state index contributed by atoms with van der Waals surface area (Å²) in [5, 5.41) is 0. The molecule has 1 aliphatic carbocycles. The topological polar surface area (TPSA) is 0 Å². The van der Waals surface area contributed by atoms with Gasteiger partial charge in [0.2, 0.25) is 0 Å². The average Bonchev–Trinajstić information content (AvgIpc) is 2.34. The summed E-state index contributed by atoms with van der Waals surface area (Å²) in [4.78, 5) is 0. The molecule has 0 heterocycles. The second-order valence-corrected chi connectivity index (χ2v) is 4.37. The van der Waals surface area contributed by atoms with Crippen molar-refractivity contribution in [2.45, 2.75) is 59.8 Å². The van der Waals surface area contributed by atoms with Crippen LogP contribution in [0.15, 0.2) is 30.3 Å². The van der Waals surface area contributed by atoms with Crippen molar-refractivity contribution < 1.29 is 0 Å². The molecule has 0 unspecified atom stereocenters. The number of hydrogen-bond donors (Lipinski definition) is 0. The van der Waals surface area contributed by atoms with Crippen molar-refractivity contribution in [3.63, 3.8) is 0 Å². The molecule has 1 fully saturated rings. The maximum atomic E-state index is 2.38. The number of rotatable bonds is 1. The van der Waals surface area contributed by atoms with Gasteiger partial charge in [0.05, 0.1) is 0 Å². The van der Waals surface area contributed by atoms with Crippen molar-refractivity contribution in [3.05, 3.63) is 35.9 Å². The van der Waals surface area contributed by atoms with Gasteiger partial charge in [0, 0.05) is 0 Å². The lowest BCUT2D eigenvalue weighted by molar-refractivity contribution is 0.348. The van der Waals surface area contributed by atoms with Gasteiger partial charge in [0.15, 0.2) is 0 Å². The summed E-state index contributed by atoms with van der Waals surface area (Å²) in [5.74, 6) is 1.80. The van der Waals surface area contributed by atoms with E-state index in [4.69, 9.17) is 0 Å². The van der Waals surface area contributed by atoms with E-state index in [0.29, 0.717) is 0 Å². The van der Waals surface area contributed by atoms with Crippen LogP contribution in [-0.2, 0) is 0 Å². The molecule has 0 atom stereocenters. The van der Waals surface area contributed by atoms with E-state index in [1.54, 1.807) is 5.56 Å². The first-order valence-electron chi connectivity index (χ1n) is 6.41. The normalized spacial score (nSPS) is 23.7. The second-order valence-electron chi connectivity index (χ2n) is 4.37. The summed E-state index contributed by atoms with van der Waals surface area (Å²) >= 11 is 0. The number of benzene rings is 1. The van der Waals surface area contributed by atoms with Gasteiger partial charge in [-0.1, -0.05) is 71.4 Å². The van der Waals surface area contributed by atoms with Crippen LogP contribution in [0.2, 0.25) is 0 Å². The smallest absolute Gasteiger partial charge is 0.0162 e. The third-order valence-electron chi connectivity index (χ3n) is 3.29. The van der Waals surface area contributed by atoms with Gasteiger partial charge >= 0.3 is 0 Å². The first-order chi connectivity index (χ1) is 7.36. The van der Waals surface area contributed by atoms with Crippen molar-refractivity contribution in [3.8, 4) is 0 Å². The summed E-state index contributed by atoms with van der Waals surface area (Å²) in [5.41, 5.74) is 1.55. The highest BCUT2D eigenvalue weighted by atomic mass is 14.2. The van der Waals surface area contributed by atoms with E-state index in [1.807, 2.05) is 13.8 Å². The lowest BCUT2D eigenvalue weighted by Crippen LogP contribution is -2.10. The Labute approximate surface area is 102 Å². The summed E-state index contributed by atoms with van der Waals surface area (Å²) in [6.07, 6.45) is 5.62. The van der Waals surface area contributed by atoms with E-state index in [2.05, 4.69) is 37.3 Å². The Morgan fingerprint density at radius 1 is 0.875 bits per heavy atom. The summed E-state index contributed by atoms with van der Waals surface area (Å²) in [6, 6.07) is 11.0. The second kappa shape index (κ2) is 8.38. The van der Waals surface area contributed by atoms with Crippen molar-refractivity contribution in [1.29, 1.82) is 0 Å². The minimum absolute atomic E-state index is 0. The van der Waals surface area contributed by atoms with Gasteiger partial charge in [-0.2, -0.15) is 0 Å². The molecule has 0 heteroatoms. The molecule has 0 aromatic heterocycles. The minimum Gasteiger partial charge on any atom is -0.0776 e. The summed E-state index contributed by atoms with van der Waals surface area (Å²) < 4.78 is 0. The summed E-state index contributed by atoms with van der Waals surface area (Å²) in [7, 11) is 0. The Bertz CT molecular complexity index is 242. The molecule has 0 N–H and O–H groups in total. The van der Waals surface area contributed by atoms with Crippen molar-refractivity contribution in [2.24, 2.45) is 5.92 Å². The van der Waals surface area contributed by atoms with Crippen molar-refractivity contribution in [2.75, 3.05) is 0 Å². The van der Waals surface area contributed by atoms with Crippen LogP contribution in [0.3, 0.4) is 0 Å². The highest BCUT2D eigenvalue weighted by Crippen LogP contribution is 2.35. The van der Waals surface area contributed by atoms with Gasteiger partial charge in [-0.15, -0.1) is 0 Å². The van der Waals surface area contributed by atoms with E-state index in [9.17, 15) is 0 Å². The van der Waals surface area contributed by atoms with Gasteiger partial charge < -0.3 is 0 Å². The van der Waals surface area contributed by atoms with Crippen LogP contribution >= 0.6 is 0 Å². The molecule has 1 aromatic carbocycles. The van der Waals surface area contributed by atoms with Crippen LogP contribution in [0, 0.1) is 5.92 Å². The maximum Gasteiger partial charge on any atom is -0.0162 e. The third-order valence-corrected chi connectivity index (χ3v) is 3.29. The third kappa shape index (κ3) is 4.38. The fourth-order valence-corrected chi connectivity index (χ4v) is 2.32. The van der Waals surface area contributed by atoms with Crippen LogP contribution in [0.25, 0.3) is 0 Å². The van der Waals surface area contributed by atoms with Gasteiger partial charge in [0.1, 0.15) is 0 Å². The Balaban J connectivity index is 0.000000711.